The number of rotatable bonds is 9. The van der Waals surface area contributed by atoms with Crippen LogP contribution in [0.3, 0.4) is 0 Å². The summed E-state index contributed by atoms with van der Waals surface area (Å²) in [7, 11) is 0. The molecule has 1 atom stereocenters. The number of amides is 1. The molecule has 2 aromatic carbocycles. The molecule has 0 aliphatic heterocycles. The van der Waals surface area contributed by atoms with Gasteiger partial charge in [-0.15, -0.1) is 0 Å². The molecule has 148 valence electrons. The molecule has 0 saturated carbocycles. The molecule has 1 N–H and O–H groups in total. The average molecular weight is 401 g/mol. The molecule has 0 aliphatic carbocycles. The fourth-order valence-electron chi connectivity index (χ4n) is 2.74. The first-order valence-corrected chi connectivity index (χ1v) is 10.3. The molecule has 0 spiro atoms. The molecule has 0 fully saturated rings. The molecule has 1 aromatic heterocycles. The van der Waals surface area contributed by atoms with Crippen molar-refractivity contribution in [1.29, 1.82) is 0 Å². The lowest BCUT2D eigenvalue weighted by molar-refractivity contribution is -0.119. The molecule has 0 saturated heterocycles. The lowest BCUT2D eigenvalue weighted by Crippen LogP contribution is -2.28. The average Bonchev–Trinajstić information content (AvgIpc) is 3.11. The van der Waals surface area contributed by atoms with Crippen molar-refractivity contribution < 1.29 is 18.7 Å². The molecule has 28 heavy (non-hydrogen) atoms. The van der Waals surface area contributed by atoms with Crippen LogP contribution in [0.4, 0.5) is 0 Å². The molecular formula is C21H24N2O4S. The van der Waals surface area contributed by atoms with Crippen molar-refractivity contribution in [3.05, 3.63) is 48.0 Å². The second-order valence-corrected chi connectivity index (χ2v) is 7.02. The fourth-order valence-corrected chi connectivity index (χ4v) is 3.39. The van der Waals surface area contributed by atoms with Crippen molar-refractivity contribution >= 4 is 28.8 Å². The van der Waals surface area contributed by atoms with Crippen LogP contribution in [0.5, 0.6) is 11.5 Å². The molecule has 0 radical (unpaired) electrons. The van der Waals surface area contributed by atoms with Crippen molar-refractivity contribution in [2.24, 2.45) is 0 Å². The Morgan fingerprint density at radius 2 is 1.89 bits per heavy atom. The number of hydrogen-bond acceptors (Lipinski definition) is 6. The summed E-state index contributed by atoms with van der Waals surface area (Å²) in [5.74, 6) is 1.53. The summed E-state index contributed by atoms with van der Waals surface area (Å²) in [6.07, 6.45) is 0. The number of nitrogens with zero attached hydrogens (tertiary/aromatic N) is 1. The van der Waals surface area contributed by atoms with Crippen molar-refractivity contribution in [3.63, 3.8) is 0 Å². The van der Waals surface area contributed by atoms with Crippen molar-refractivity contribution in [2.45, 2.75) is 32.0 Å². The van der Waals surface area contributed by atoms with Gasteiger partial charge in [0.2, 0.25) is 5.91 Å². The van der Waals surface area contributed by atoms with Gasteiger partial charge in [-0.2, -0.15) is 0 Å². The maximum absolute atomic E-state index is 12.3. The highest BCUT2D eigenvalue weighted by Gasteiger charge is 2.15. The zero-order chi connectivity index (χ0) is 19.9. The molecule has 6 nitrogen and oxygen atoms in total. The van der Waals surface area contributed by atoms with E-state index in [1.165, 1.54) is 11.8 Å². The van der Waals surface area contributed by atoms with Crippen LogP contribution in [0.15, 0.2) is 52.1 Å². The number of carbonyl (C=O) groups excluding carboxylic acids is 1. The summed E-state index contributed by atoms with van der Waals surface area (Å²) in [5, 5.41) is 3.48. The van der Waals surface area contributed by atoms with E-state index in [2.05, 4.69) is 10.3 Å². The molecule has 3 aromatic rings. The van der Waals surface area contributed by atoms with Crippen LogP contribution >= 0.6 is 11.8 Å². The largest absolute Gasteiger partial charge is 0.490 e. The Kier molecular flexibility index (Phi) is 6.81. The van der Waals surface area contributed by atoms with Gasteiger partial charge >= 0.3 is 0 Å². The van der Waals surface area contributed by atoms with Gasteiger partial charge in [0, 0.05) is 0 Å². The van der Waals surface area contributed by atoms with Crippen LogP contribution in [-0.4, -0.2) is 29.9 Å². The molecule has 0 unspecified atom stereocenters. The van der Waals surface area contributed by atoms with Crippen LogP contribution < -0.4 is 14.8 Å². The smallest absolute Gasteiger partial charge is 0.257 e. The van der Waals surface area contributed by atoms with Gasteiger partial charge in [0.15, 0.2) is 17.1 Å². The number of benzene rings is 2. The molecular weight excluding hydrogens is 376 g/mol. The first-order valence-electron chi connectivity index (χ1n) is 9.28. The minimum absolute atomic E-state index is 0.0911. The second-order valence-electron chi connectivity index (χ2n) is 6.10. The highest BCUT2D eigenvalue weighted by molar-refractivity contribution is 7.99. The fraction of sp³-hybridized carbons (Fsp3) is 0.333. The van der Waals surface area contributed by atoms with E-state index in [0.717, 1.165) is 16.7 Å². The summed E-state index contributed by atoms with van der Waals surface area (Å²) in [6, 6.07) is 13.1. The van der Waals surface area contributed by atoms with Gasteiger partial charge in [-0.25, -0.2) is 4.98 Å². The van der Waals surface area contributed by atoms with Crippen molar-refractivity contribution in [3.8, 4) is 11.5 Å². The normalized spacial score (nSPS) is 12.0. The van der Waals surface area contributed by atoms with Crippen molar-refractivity contribution in [2.75, 3.05) is 19.0 Å². The first kappa shape index (κ1) is 20.1. The van der Waals surface area contributed by atoms with Crippen LogP contribution in [0, 0.1) is 0 Å². The van der Waals surface area contributed by atoms with E-state index in [-0.39, 0.29) is 17.7 Å². The SMILES string of the molecule is CCOc1ccc([C@@H](C)NC(=O)CSc2nc3ccccc3o2)cc1OCC. The Morgan fingerprint density at radius 3 is 2.64 bits per heavy atom. The standard InChI is InChI=1S/C21H24N2O4S/c1-4-25-18-11-10-15(12-19(18)26-5-2)14(3)22-20(24)13-28-21-23-16-8-6-7-9-17(16)27-21/h6-12,14H,4-5,13H2,1-3H3,(H,22,24)/t14-/m1/s1. The summed E-state index contributed by atoms with van der Waals surface area (Å²) in [5.41, 5.74) is 2.46. The highest BCUT2D eigenvalue weighted by Crippen LogP contribution is 2.31. The molecule has 0 aliphatic rings. The monoisotopic (exact) mass is 400 g/mol. The number of ether oxygens (including phenoxy) is 2. The number of carbonyl (C=O) groups is 1. The Morgan fingerprint density at radius 1 is 1.14 bits per heavy atom. The Balaban J connectivity index is 1.59. The third kappa shape index (κ3) is 4.98. The van der Waals surface area contributed by atoms with Gasteiger partial charge in [0.1, 0.15) is 5.52 Å². The van der Waals surface area contributed by atoms with Crippen LogP contribution in [0.2, 0.25) is 0 Å². The third-order valence-corrected chi connectivity index (χ3v) is 4.87. The Labute approximate surface area is 168 Å². The number of para-hydroxylation sites is 2. The maximum atomic E-state index is 12.3. The predicted octanol–water partition coefficient (Wildman–Crippen LogP) is 4.59. The minimum atomic E-state index is -0.161. The van der Waals surface area contributed by atoms with E-state index in [1.54, 1.807) is 0 Å². The highest BCUT2D eigenvalue weighted by atomic mass is 32.2. The number of hydrogen-bond donors (Lipinski definition) is 1. The molecule has 7 heteroatoms. The molecule has 1 amide bonds. The quantitative estimate of drug-likeness (QED) is 0.530. The summed E-state index contributed by atoms with van der Waals surface area (Å²) in [6.45, 7) is 6.91. The number of thioether (sulfide) groups is 1. The first-order chi connectivity index (χ1) is 13.6. The minimum Gasteiger partial charge on any atom is -0.490 e. The third-order valence-electron chi connectivity index (χ3n) is 4.05. The molecule has 3 rings (SSSR count). The zero-order valence-electron chi connectivity index (χ0n) is 16.2. The topological polar surface area (TPSA) is 73.6 Å². The number of oxazole rings is 1. The zero-order valence-corrected chi connectivity index (χ0v) is 17.0. The summed E-state index contributed by atoms with van der Waals surface area (Å²) >= 11 is 1.28. The van der Waals surface area contributed by atoms with Gasteiger partial charge in [0.05, 0.1) is 25.0 Å². The number of nitrogens with one attached hydrogen (secondary N) is 1. The maximum Gasteiger partial charge on any atom is 0.257 e. The van der Waals surface area contributed by atoms with E-state index in [0.29, 0.717) is 29.9 Å². The lowest BCUT2D eigenvalue weighted by Gasteiger charge is -2.17. The van der Waals surface area contributed by atoms with Gasteiger partial charge in [-0.05, 0) is 50.6 Å². The predicted molar refractivity (Wildman–Crippen MR) is 110 cm³/mol. The van der Waals surface area contributed by atoms with E-state index >= 15 is 0 Å². The van der Waals surface area contributed by atoms with Gasteiger partial charge < -0.3 is 19.2 Å². The van der Waals surface area contributed by atoms with E-state index < -0.39 is 0 Å². The van der Waals surface area contributed by atoms with E-state index in [9.17, 15) is 4.79 Å². The lowest BCUT2D eigenvalue weighted by atomic mass is 10.1. The Hall–Kier alpha value is -2.67. The van der Waals surface area contributed by atoms with Crippen LogP contribution in [-0.2, 0) is 4.79 Å². The number of aromatic nitrogens is 1. The van der Waals surface area contributed by atoms with Crippen LogP contribution in [0.25, 0.3) is 11.1 Å². The molecule has 0 bridgehead atoms. The van der Waals surface area contributed by atoms with Crippen molar-refractivity contribution in [1.82, 2.24) is 10.3 Å². The van der Waals surface area contributed by atoms with Gasteiger partial charge in [-0.1, -0.05) is 30.0 Å². The van der Waals surface area contributed by atoms with E-state index in [1.807, 2.05) is 63.2 Å². The van der Waals surface area contributed by atoms with E-state index in [4.69, 9.17) is 13.9 Å². The number of fused-ring (bicyclic) bond motifs is 1. The summed E-state index contributed by atoms with van der Waals surface area (Å²) in [4.78, 5) is 16.7. The molecule has 1 heterocycles. The summed E-state index contributed by atoms with van der Waals surface area (Å²) < 4.78 is 16.9. The second kappa shape index (κ2) is 9.50. The Bertz CT molecular complexity index is 908. The van der Waals surface area contributed by atoms with Gasteiger partial charge in [-0.3, -0.25) is 4.79 Å². The van der Waals surface area contributed by atoms with Crippen LogP contribution in [0.1, 0.15) is 32.4 Å². The van der Waals surface area contributed by atoms with Gasteiger partial charge in [0.25, 0.3) is 5.22 Å².